The molecule has 2 aromatic rings. The standard InChI is InChI=1S/C23H24B3ClN4O5S/c1-37(33,34)22(13-35-14-22)19-28-11-16(12-29-19)36-9-8-30-6-4-21(5-7-30)17-10-15(27)2-3-18(17)31(20(21)32)23(24,25)26/h2-3,10-12H,4-9,13-14H2,1H3. The maximum Gasteiger partial charge on any atom is 0.236 e. The third-order valence-electron chi connectivity index (χ3n) is 7.52. The summed E-state index contributed by atoms with van der Waals surface area (Å²) in [5.41, 5.74) is 0.603. The molecule has 2 fully saturated rings. The Morgan fingerprint density at radius 1 is 1.16 bits per heavy atom. The normalized spacial score (nSPS) is 21.0. The Bertz CT molecular complexity index is 1310. The Kier molecular flexibility index (Phi) is 6.66. The van der Waals surface area contributed by atoms with Gasteiger partial charge in [-0.15, -0.1) is 0 Å². The van der Waals surface area contributed by atoms with Gasteiger partial charge in [0.05, 0.1) is 54.6 Å². The number of halogens is 1. The lowest BCUT2D eigenvalue weighted by Crippen LogP contribution is -2.57. The topological polar surface area (TPSA) is 102 Å². The number of rotatable bonds is 7. The molecule has 37 heavy (non-hydrogen) atoms. The van der Waals surface area contributed by atoms with Crippen molar-refractivity contribution in [2.75, 3.05) is 50.6 Å². The second-order valence-electron chi connectivity index (χ2n) is 9.96. The Morgan fingerprint density at radius 2 is 1.81 bits per heavy atom. The maximum absolute atomic E-state index is 13.5. The van der Waals surface area contributed by atoms with Crippen molar-refractivity contribution in [3.05, 3.63) is 47.0 Å². The highest BCUT2D eigenvalue weighted by Gasteiger charge is 2.54. The summed E-state index contributed by atoms with van der Waals surface area (Å²) in [6.07, 6.45) is 5.22. The van der Waals surface area contributed by atoms with E-state index in [-0.39, 0.29) is 24.9 Å². The lowest BCUT2D eigenvalue weighted by Gasteiger charge is -2.40. The van der Waals surface area contributed by atoms with Gasteiger partial charge in [-0.2, -0.15) is 0 Å². The molecule has 3 aliphatic rings. The van der Waals surface area contributed by atoms with Gasteiger partial charge < -0.3 is 14.4 Å². The lowest BCUT2D eigenvalue weighted by molar-refractivity contribution is -0.125. The highest BCUT2D eigenvalue weighted by atomic mass is 35.5. The van der Waals surface area contributed by atoms with Crippen LogP contribution in [0.1, 0.15) is 24.2 Å². The quantitative estimate of drug-likeness (QED) is 0.466. The zero-order valence-corrected chi connectivity index (χ0v) is 22.0. The van der Waals surface area contributed by atoms with E-state index in [4.69, 9.17) is 44.6 Å². The number of piperidine rings is 1. The largest absolute Gasteiger partial charge is 0.489 e. The summed E-state index contributed by atoms with van der Waals surface area (Å²) >= 11 is 6.26. The number of ether oxygens (including phenoxy) is 2. The number of likely N-dealkylation sites (tertiary alicyclic amines) is 1. The van der Waals surface area contributed by atoms with Crippen molar-refractivity contribution in [3.63, 3.8) is 0 Å². The molecule has 1 spiro atoms. The van der Waals surface area contributed by atoms with Crippen molar-refractivity contribution in [2.24, 2.45) is 0 Å². The first kappa shape index (κ1) is 26.5. The fraction of sp³-hybridized carbons (Fsp3) is 0.522. The molecule has 6 radical (unpaired) electrons. The van der Waals surface area contributed by atoms with Crippen LogP contribution in [0.15, 0.2) is 30.6 Å². The van der Waals surface area contributed by atoms with Gasteiger partial charge in [0, 0.05) is 23.5 Å². The Balaban J connectivity index is 1.20. The van der Waals surface area contributed by atoms with Gasteiger partial charge in [0.25, 0.3) is 0 Å². The van der Waals surface area contributed by atoms with Crippen LogP contribution in [-0.2, 0) is 29.5 Å². The number of nitrogens with zero attached hydrogens (tertiary/aromatic N) is 4. The smallest absolute Gasteiger partial charge is 0.236 e. The summed E-state index contributed by atoms with van der Waals surface area (Å²) in [4.78, 5) is 25.4. The third kappa shape index (κ3) is 4.47. The van der Waals surface area contributed by atoms with E-state index in [0.29, 0.717) is 55.5 Å². The predicted molar refractivity (Wildman–Crippen MR) is 141 cm³/mol. The van der Waals surface area contributed by atoms with E-state index in [1.807, 2.05) is 0 Å². The van der Waals surface area contributed by atoms with Crippen molar-refractivity contribution in [3.8, 4) is 5.75 Å². The van der Waals surface area contributed by atoms with E-state index in [2.05, 4.69) is 14.9 Å². The van der Waals surface area contributed by atoms with E-state index in [1.165, 1.54) is 17.3 Å². The minimum Gasteiger partial charge on any atom is -0.489 e. The van der Waals surface area contributed by atoms with Crippen LogP contribution in [0.4, 0.5) is 5.69 Å². The Morgan fingerprint density at radius 3 is 2.35 bits per heavy atom. The number of sulfone groups is 1. The molecule has 2 saturated heterocycles. The SMILES string of the molecule is [B]C([B])([B])N1C(=O)C2(CCN(CCOc3cnc(C4(S(C)(=O)=O)COC4)nc3)CC2)c2cc(Cl)ccc21. The summed E-state index contributed by atoms with van der Waals surface area (Å²) in [5.74, 6) is 0.438. The van der Waals surface area contributed by atoms with Crippen LogP contribution in [0.25, 0.3) is 0 Å². The highest BCUT2D eigenvalue weighted by Crippen LogP contribution is 2.50. The van der Waals surface area contributed by atoms with Crippen LogP contribution >= 0.6 is 11.6 Å². The maximum atomic E-state index is 13.5. The minimum absolute atomic E-state index is 0.0439. The monoisotopic (exact) mass is 536 g/mol. The molecule has 9 nitrogen and oxygen atoms in total. The Hall–Kier alpha value is -2.08. The number of amides is 1. The van der Waals surface area contributed by atoms with E-state index in [9.17, 15) is 13.2 Å². The molecule has 0 saturated carbocycles. The summed E-state index contributed by atoms with van der Waals surface area (Å²) in [5, 5.41) is -1.29. The van der Waals surface area contributed by atoms with Gasteiger partial charge in [0.1, 0.15) is 6.61 Å². The van der Waals surface area contributed by atoms with Crippen LogP contribution in [0, 0.1) is 0 Å². The molecule has 1 aromatic heterocycles. The summed E-state index contributed by atoms with van der Waals surface area (Å²) in [7, 11) is 14.4. The number of benzene rings is 1. The minimum atomic E-state index is -3.42. The zero-order chi connectivity index (χ0) is 26.6. The molecule has 3 aliphatic heterocycles. The van der Waals surface area contributed by atoms with Crippen LogP contribution in [-0.4, -0.2) is 104 Å². The van der Waals surface area contributed by atoms with Gasteiger partial charge in [0.2, 0.25) is 5.91 Å². The zero-order valence-electron chi connectivity index (χ0n) is 20.4. The number of carbonyl (C=O) groups is 1. The fourth-order valence-corrected chi connectivity index (χ4v) is 6.47. The van der Waals surface area contributed by atoms with Crippen molar-refractivity contribution in [1.29, 1.82) is 0 Å². The first-order valence-electron chi connectivity index (χ1n) is 11.8. The highest BCUT2D eigenvalue weighted by molar-refractivity contribution is 7.91. The van der Waals surface area contributed by atoms with Gasteiger partial charge in [-0.25, -0.2) is 18.4 Å². The number of hydrogen-bond acceptors (Lipinski definition) is 8. The Labute approximate surface area is 225 Å². The molecule has 188 valence electrons. The average Bonchev–Trinajstić information content (AvgIpc) is 3.02. The van der Waals surface area contributed by atoms with Crippen molar-refractivity contribution in [2.45, 2.75) is 28.2 Å². The average molecular weight is 536 g/mol. The van der Waals surface area contributed by atoms with E-state index >= 15 is 0 Å². The van der Waals surface area contributed by atoms with Gasteiger partial charge in [-0.05, 0) is 49.7 Å². The van der Waals surface area contributed by atoms with Crippen LogP contribution < -0.4 is 9.64 Å². The molecular formula is C23H24B3ClN4O5S. The van der Waals surface area contributed by atoms with Crippen LogP contribution in [0.5, 0.6) is 5.75 Å². The molecule has 4 heterocycles. The van der Waals surface area contributed by atoms with E-state index in [0.717, 1.165) is 11.8 Å². The summed E-state index contributed by atoms with van der Waals surface area (Å²) in [6.45, 7) is 2.37. The number of hydrogen-bond donors (Lipinski definition) is 0. The summed E-state index contributed by atoms with van der Waals surface area (Å²) in [6, 6.07) is 5.22. The second kappa shape index (κ2) is 9.29. The van der Waals surface area contributed by atoms with E-state index in [1.54, 1.807) is 18.2 Å². The van der Waals surface area contributed by atoms with E-state index < -0.39 is 25.2 Å². The molecule has 0 N–H and O–H groups in total. The second-order valence-corrected chi connectivity index (χ2v) is 12.7. The first-order valence-corrected chi connectivity index (χ1v) is 14.1. The van der Waals surface area contributed by atoms with Crippen molar-refractivity contribution < 1.29 is 22.7 Å². The van der Waals surface area contributed by atoms with Gasteiger partial charge in [-0.1, -0.05) is 16.8 Å². The number of anilines is 1. The fourth-order valence-electron chi connectivity index (χ4n) is 5.27. The van der Waals surface area contributed by atoms with Gasteiger partial charge in [0.15, 0.2) is 26.2 Å². The molecule has 1 aromatic carbocycles. The molecule has 1 amide bonds. The predicted octanol–water partition coefficient (Wildman–Crippen LogP) is 0.276. The molecule has 0 atom stereocenters. The van der Waals surface area contributed by atoms with Crippen LogP contribution in [0.3, 0.4) is 0 Å². The van der Waals surface area contributed by atoms with Crippen molar-refractivity contribution >= 4 is 56.6 Å². The molecule has 0 unspecified atom stereocenters. The number of aromatic nitrogens is 2. The summed E-state index contributed by atoms with van der Waals surface area (Å²) < 4.78 is 34.1. The number of carbonyl (C=O) groups excluding carboxylic acids is 1. The first-order chi connectivity index (χ1) is 17.4. The molecule has 14 heteroatoms. The molecule has 5 rings (SSSR count). The lowest BCUT2D eigenvalue weighted by atomic mass is 9.48. The van der Waals surface area contributed by atoms with Crippen molar-refractivity contribution in [1.82, 2.24) is 14.9 Å². The third-order valence-corrected chi connectivity index (χ3v) is 9.59. The molecule has 0 bridgehead atoms. The van der Waals surface area contributed by atoms with Gasteiger partial charge in [-0.3, -0.25) is 9.69 Å². The van der Waals surface area contributed by atoms with Gasteiger partial charge >= 0.3 is 0 Å². The van der Waals surface area contributed by atoms with Crippen LogP contribution in [0.2, 0.25) is 5.02 Å². The molecule has 0 aliphatic carbocycles. The number of fused-ring (bicyclic) bond motifs is 2. The molecular weight excluding hydrogens is 512 g/mol.